The number of para-hydroxylation sites is 2. The highest BCUT2D eigenvalue weighted by Gasteiger charge is 2.26. The second-order valence-electron chi connectivity index (χ2n) is 27.9. The van der Waals surface area contributed by atoms with Gasteiger partial charge in [0.2, 0.25) is 0 Å². The summed E-state index contributed by atoms with van der Waals surface area (Å²) in [6.45, 7) is 21.7. The average Bonchev–Trinajstić information content (AvgIpc) is 1.36. The van der Waals surface area contributed by atoms with Gasteiger partial charge in [-0.3, -0.25) is 4.57 Å². The molecular formula is C97H85N5S. The van der Waals surface area contributed by atoms with E-state index in [9.17, 15) is 0 Å². The Balaban J connectivity index is 0.000000110. The van der Waals surface area contributed by atoms with Crippen LogP contribution in [0.25, 0.3) is 82.3 Å². The van der Waals surface area contributed by atoms with Crippen LogP contribution in [0, 0.1) is 48.5 Å². The molecule has 17 aromatic rings. The predicted molar refractivity (Wildman–Crippen MR) is 442 cm³/mol. The lowest BCUT2D eigenvalue weighted by atomic mass is 9.87. The van der Waals surface area contributed by atoms with Crippen molar-refractivity contribution in [3.63, 3.8) is 0 Å². The highest BCUT2D eigenvalue weighted by molar-refractivity contribution is 7.99. The molecule has 504 valence electrons. The lowest BCUT2D eigenvalue weighted by molar-refractivity contribution is 0.590. The fraction of sp³-hybridized carbons (Fsp3) is 0.113. The van der Waals surface area contributed by atoms with Crippen molar-refractivity contribution < 1.29 is 0 Å². The van der Waals surface area contributed by atoms with E-state index in [0.29, 0.717) is 0 Å². The number of nitrogens with zero attached hydrogens (tertiary/aromatic N) is 5. The monoisotopic (exact) mass is 1350 g/mol. The van der Waals surface area contributed by atoms with Gasteiger partial charge < -0.3 is 9.80 Å². The Morgan fingerprint density at radius 2 is 0.748 bits per heavy atom. The zero-order valence-electron chi connectivity index (χ0n) is 60.4. The van der Waals surface area contributed by atoms with E-state index in [1.807, 2.05) is 48.2 Å². The largest absolute Gasteiger partial charge is 0.311 e. The second-order valence-corrected chi connectivity index (χ2v) is 29.0. The van der Waals surface area contributed by atoms with Crippen LogP contribution in [-0.4, -0.2) is 14.8 Å². The lowest BCUT2D eigenvalue weighted by Gasteiger charge is -2.33. The Hall–Kier alpha value is -11.8. The Kier molecular flexibility index (Phi) is 20.0. The number of aryl methyl sites for hydroxylation is 7. The first-order valence-corrected chi connectivity index (χ1v) is 36.3. The number of rotatable bonds is 7. The van der Waals surface area contributed by atoms with Gasteiger partial charge in [0, 0.05) is 49.4 Å². The van der Waals surface area contributed by atoms with Gasteiger partial charge in [-0.1, -0.05) is 297 Å². The maximum Gasteiger partial charge on any atom is 0.168 e. The van der Waals surface area contributed by atoms with Gasteiger partial charge in [-0.05, 0) is 221 Å². The summed E-state index contributed by atoms with van der Waals surface area (Å²) in [6, 6.07) is 118. The van der Waals surface area contributed by atoms with E-state index in [0.717, 1.165) is 28.5 Å². The number of fused-ring (bicyclic) bond motifs is 4. The minimum absolute atomic E-state index is 0.170. The van der Waals surface area contributed by atoms with E-state index in [2.05, 4.69) is 391 Å². The molecule has 0 fully saturated rings. The summed E-state index contributed by atoms with van der Waals surface area (Å²) in [5, 5.41) is 22.6. The van der Waals surface area contributed by atoms with Crippen LogP contribution in [0.3, 0.4) is 0 Å². The van der Waals surface area contributed by atoms with Gasteiger partial charge in [-0.15, -0.1) is 10.2 Å². The number of benzene rings is 16. The molecule has 0 N–H and O–H groups in total. The normalized spacial score (nSPS) is 11.5. The van der Waals surface area contributed by atoms with Crippen molar-refractivity contribution in [2.24, 2.45) is 0 Å². The van der Waals surface area contributed by atoms with Crippen molar-refractivity contribution in [3.8, 4) is 28.5 Å². The molecule has 0 saturated carbocycles. The molecule has 0 unspecified atom stereocenters. The van der Waals surface area contributed by atoms with Crippen molar-refractivity contribution in [1.82, 2.24) is 14.8 Å². The Labute approximate surface area is 611 Å². The third kappa shape index (κ3) is 15.0. The van der Waals surface area contributed by atoms with Crippen molar-refractivity contribution in [3.05, 3.63) is 378 Å². The molecule has 0 aliphatic carbocycles. The van der Waals surface area contributed by atoms with E-state index >= 15 is 0 Å². The van der Waals surface area contributed by atoms with Gasteiger partial charge in [-0.2, -0.15) is 0 Å². The van der Waals surface area contributed by atoms with Crippen LogP contribution in [-0.2, 0) is 5.41 Å². The number of hydrogen-bond acceptors (Lipinski definition) is 5. The maximum absolute atomic E-state index is 4.48. The van der Waals surface area contributed by atoms with Crippen LogP contribution in [0.5, 0.6) is 0 Å². The van der Waals surface area contributed by atoms with E-state index in [1.54, 1.807) is 0 Å². The molecule has 1 aliphatic rings. The van der Waals surface area contributed by atoms with Gasteiger partial charge in [-0.25, -0.2) is 0 Å². The summed E-state index contributed by atoms with van der Waals surface area (Å²) >= 11 is 1.86. The summed E-state index contributed by atoms with van der Waals surface area (Å²) in [6.07, 6.45) is 0. The van der Waals surface area contributed by atoms with Crippen molar-refractivity contribution in [2.75, 3.05) is 9.80 Å². The van der Waals surface area contributed by atoms with E-state index in [-0.39, 0.29) is 5.41 Å². The molecule has 6 heteroatoms. The third-order valence-corrected chi connectivity index (χ3v) is 20.5. The van der Waals surface area contributed by atoms with Crippen LogP contribution in [0.1, 0.15) is 65.3 Å². The first-order valence-electron chi connectivity index (χ1n) is 35.5. The Morgan fingerprint density at radius 3 is 1.30 bits per heavy atom. The number of aromatic nitrogens is 3. The molecular weight excluding hydrogens is 1270 g/mol. The zero-order chi connectivity index (χ0) is 71.1. The Bertz CT molecular complexity index is 5560. The van der Waals surface area contributed by atoms with Crippen molar-refractivity contribution in [2.45, 2.75) is 84.4 Å². The predicted octanol–water partition coefficient (Wildman–Crippen LogP) is 27.4. The molecule has 16 aromatic carbocycles. The third-order valence-electron chi connectivity index (χ3n) is 19.4. The van der Waals surface area contributed by atoms with E-state index < -0.39 is 0 Å². The second kappa shape index (κ2) is 30.2. The molecule has 103 heavy (non-hydrogen) atoms. The maximum atomic E-state index is 4.48. The van der Waals surface area contributed by atoms with Crippen LogP contribution in [0.15, 0.2) is 343 Å². The van der Waals surface area contributed by atoms with E-state index in [1.165, 1.54) is 142 Å². The minimum Gasteiger partial charge on any atom is -0.311 e. The molecule has 0 amide bonds. The van der Waals surface area contributed by atoms with E-state index in [4.69, 9.17) is 0 Å². The highest BCUT2D eigenvalue weighted by Crippen LogP contribution is 2.52. The minimum atomic E-state index is 0.170. The van der Waals surface area contributed by atoms with Crippen LogP contribution < -0.4 is 9.80 Å². The van der Waals surface area contributed by atoms with Gasteiger partial charge in [0.25, 0.3) is 0 Å². The average molecular weight is 1350 g/mol. The summed E-state index contributed by atoms with van der Waals surface area (Å²) in [7, 11) is 0. The quantitative estimate of drug-likeness (QED) is 0.117. The van der Waals surface area contributed by atoms with Crippen molar-refractivity contribution in [1.29, 1.82) is 0 Å². The number of hydrogen-bond donors (Lipinski definition) is 0. The van der Waals surface area contributed by atoms with Crippen LogP contribution >= 0.6 is 11.8 Å². The van der Waals surface area contributed by atoms with Gasteiger partial charge in [0.1, 0.15) is 0 Å². The standard InChI is InChI=1S/C23H23NS.C21H17N3.C21H21N.C17H12.C15H12/c1-16-9-14-20-22(15-16)25-21-8-6-5-7-19(21)24(20)18-12-10-17(11-13-18)23(2,3)4;1-16-12-14-18(15-13-16)21-23-22-20(17-8-4-2-5-9-17)24(21)19-10-6-3-7-11-19;1-16-4-10-19(11-5-16)22(20-12-6-17(2)7-13-20)21-14-8-18(3)9-15-21;1-11-5-6-14-8-7-12-3-2-4-13-9-10-15(11)17(14)16(12)13;1-11-14-8-4-2-6-12(14)10-13-7-3-5-9-15(11)13/h5-15H,1-4H3;2-15H,1H3;4-15H,1-3H3;2-10H,1H3;2-10H,1H3. The summed E-state index contributed by atoms with van der Waals surface area (Å²) < 4.78 is 2.11. The molecule has 0 saturated heterocycles. The SMILES string of the molecule is Cc1c2ccccc2cc2ccccc12.Cc1ccc(-c2nnc(-c3ccccc3)n2-c2ccccc2)cc1.Cc1ccc(N(c2ccc(C)cc2)c2ccc(C)cc2)cc1.Cc1ccc2c(c1)Sc1ccccc1N2c1ccc(C(C)(C)C)cc1.Cc1ccc2ccc3cccc4ccc1c2c34. The molecule has 0 atom stereocenters. The summed E-state index contributed by atoms with van der Waals surface area (Å²) in [4.78, 5) is 7.30. The molecule has 18 rings (SSSR count). The van der Waals surface area contributed by atoms with Gasteiger partial charge >= 0.3 is 0 Å². The fourth-order valence-corrected chi connectivity index (χ4v) is 14.8. The Morgan fingerprint density at radius 1 is 0.311 bits per heavy atom. The lowest BCUT2D eigenvalue weighted by Crippen LogP contribution is -2.16. The molecule has 0 spiro atoms. The highest BCUT2D eigenvalue weighted by atomic mass is 32.2. The molecule has 0 bridgehead atoms. The molecule has 0 radical (unpaired) electrons. The van der Waals surface area contributed by atoms with Crippen molar-refractivity contribution >= 4 is 99.7 Å². The summed E-state index contributed by atoms with van der Waals surface area (Å²) in [5.41, 5.74) is 21.0. The number of anilines is 6. The summed E-state index contributed by atoms with van der Waals surface area (Å²) in [5.74, 6) is 1.69. The molecule has 1 aromatic heterocycles. The fourth-order valence-electron chi connectivity index (χ4n) is 13.7. The van der Waals surface area contributed by atoms with Crippen LogP contribution in [0.2, 0.25) is 0 Å². The smallest absolute Gasteiger partial charge is 0.168 e. The topological polar surface area (TPSA) is 37.2 Å². The zero-order valence-corrected chi connectivity index (χ0v) is 61.2. The molecule has 5 nitrogen and oxygen atoms in total. The molecule has 2 heterocycles. The van der Waals surface area contributed by atoms with Gasteiger partial charge in [0.15, 0.2) is 11.6 Å². The first kappa shape index (κ1) is 68.3. The van der Waals surface area contributed by atoms with Gasteiger partial charge in [0.05, 0.1) is 11.4 Å². The molecule has 1 aliphatic heterocycles. The first-order chi connectivity index (χ1) is 50.1. The van der Waals surface area contributed by atoms with Crippen LogP contribution in [0.4, 0.5) is 34.1 Å².